The smallest absolute Gasteiger partial charge is 0.255 e. The van der Waals surface area contributed by atoms with Crippen LogP contribution in [-0.4, -0.2) is 42.2 Å². The van der Waals surface area contributed by atoms with Gasteiger partial charge in [-0.3, -0.25) is 4.79 Å². The van der Waals surface area contributed by atoms with Crippen LogP contribution in [0.2, 0.25) is 0 Å². The third kappa shape index (κ3) is 3.43. The predicted molar refractivity (Wildman–Crippen MR) is 123 cm³/mol. The SMILES string of the molecule is N#Cc1cccc(F)c1-c1cc(Nc2ccc(N3C[C@H]4COC[C@H]4C3)cn2)c2c(n1)CNC2=O. The molecule has 2 N–H and O–H groups in total. The summed E-state index contributed by atoms with van der Waals surface area (Å²) in [7, 11) is 0. The molecule has 1 amide bonds. The summed E-state index contributed by atoms with van der Waals surface area (Å²) in [6.07, 6.45) is 1.82. The highest BCUT2D eigenvalue weighted by Crippen LogP contribution is 2.35. The molecule has 3 aromatic rings. The topological polar surface area (TPSA) is 103 Å². The molecule has 0 spiro atoms. The number of fused-ring (bicyclic) bond motifs is 2. The van der Waals surface area contributed by atoms with Crippen molar-refractivity contribution >= 4 is 23.1 Å². The fourth-order valence-corrected chi connectivity index (χ4v) is 5.02. The van der Waals surface area contributed by atoms with E-state index in [1.165, 1.54) is 12.1 Å². The number of carbonyl (C=O) groups is 1. The fraction of sp³-hybridized carbons (Fsp3) is 0.280. The summed E-state index contributed by atoms with van der Waals surface area (Å²) in [5, 5.41) is 15.4. The zero-order valence-corrected chi connectivity index (χ0v) is 18.2. The Hall–Kier alpha value is -4.03. The number of rotatable bonds is 4. The Morgan fingerprint density at radius 1 is 1.18 bits per heavy atom. The van der Waals surface area contributed by atoms with Gasteiger partial charge in [-0.15, -0.1) is 0 Å². The van der Waals surface area contributed by atoms with Crippen LogP contribution in [0.25, 0.3) is 11.3 Å². The third-order valence-electron chi connectivity index (χ3n) is 6.74. The zero-order valence-electron chi connectivity index (χ0n) is 18.2. The van der Waals surface area contributed by atoms with Gasteiger partial charge >= 0.3 is 0 Å². The second-order valence-electron chi connectivity index (χ2n) is 8.82. The number of ether oxygens (including phenoxy) is 1. The quantitative estimate of drug-likeness (QED) is 0.621. The van der Waals surface area contributed by atoms with Gasteiger partial charge in [-0.25, -0.2) is 14.4 Å². The lowest BCUT2D eigenvalue weighted by molar-refractivity contribution is 0.0966. The number of pyridine rings is 2. The summed E-state index contributed by atoms with van der Waals surface area (Å²) in [5.74, 6) is 0.905. The number of halogens is 1. The molecule has 0 bridgehead atoms. The molecular formula is C25H21FN6O2. The molecule has 8 nitrogen and oxygen atoms in total. The molecule has 2 aromatic heterocycles. The summed E-state index contributed by atoms with van der Waals surface area (Å²) in [4.78, 5) is 23.9. The van der Waals surface area contributed by atoms with E-state index in [4.69, 9.17) is 4.74 Å². The van der Waals surface area contributed by atoms with Crippen molar-refractivity contribution in [3.63, 3.8) is 0 Å². The molecule has 2 saturated heterocycles. The van der Waals surface area contributed by atoms with E-state index in [9.17, 15) is 14.4 Å². The number of hydrogen-bond acceptors (Lipinski definition) is 7. The van der Waals surface area contributed by atoms with Crippen LogP contribution in [0.3, 0.4) is 0 Å². The minimum Gasteiger partial charge on any atom is -0.381 e. The molecule has 1 aromatic carbocycles. The number of amides is 1. The number of nitrogens with one attached hydrogen (secondary N) is 2. The lowest BCUT2D eigenvalue weighted by atomic mass is 10.0. The van der Waals surface area contributed by atoms with Gasteiger partial charge in [0, 0.05) is 24.9 Å². The average Bonchev–Trinajstić information content (AvgIpc) is 3.55. The minimum absolute atomic E-state index is 0.113. The van der Waals surface area contributed by atoms with Gasteiger partial charge in [0.05, 0.1) is 71.5 Å². The van der Waals surface area contributed by atoms with Gasteiger partial charge in [0.15, 0.2) is 0 Å². The molecule has 9 heteroatoms. The van der Waals surface area contributed by atoms with Crippen molar-refractivity contribution in [3.05, 3.63) is 65.2 Å². The first-order valence-electron chi connectivity index (χ1n) is 11.2. The van der Waals surface area contributed by atoms with Crippen molar-refractivity contribution in [3.8, 4) is 17.3 Å². The van der Waals surface area contributed by atoms with E-state index in [0.29, 0.717) is 34.6 Å². The molecule has 34 heavy (non-hydrogen) atoms. The van der Waals surface area contributed by atoms with Crippen molar-refractivity contribution in [1.82, 2.24) is 15.3 Å². The van der Waals surface area contributed by atoms with Crippen LogP contribution >= 0.6 is 0 Å². The van der Waals surface area contributed by atoms with Gasteiger partial charge in [0.1, 0.15) is 11.6 Å². The summed E-state index contributed by atoms with van der Waals surface area (Å²) >= 11 is 0. The highest BCUT2D eigenvalue weighted by Gasteiger charge is 2.37. The van der Waals surface area contributed by atoms with Crippen molar-refractivity contribution in [2.45, 2.75) is 6.54 Å². The second-order valence-corrected chi connectivity index (χ2v) is 8.82. The third-order valence-corrected chi connectivity index (χ3v) is 6.74. The summed E-state index contributed by atoms with van der Waals surface area (Å²) in [5.41, 5.74) is 2.99. The van der Waals surface area contributed by atoms with E-state index in [1.54, 1.807) is 12.1 Å². The largest absolute Gasteiger partial charge is 0.381 e. The van der Waals surface area contributed by atoms with Gasteiger partial charge in [-0.2, -0.15) is 5.26 Å². The number of benzene rings is 1. The maximum absolute atomic E-state index is 14.7. The van der Waals surface area contributed by atoms with Gasteiger partial charge in [0.25, 0.3) is 5.91 Å². The Morgan fingerprint density at radius 3 is 2.74 bits per heavy atom. The van der Waals surface area contributed by atoms with Gasteiger partial charge in [-0.1, -0.05) is 6.07 Å². The van der Waals surface area contributed by atoms with E-state index >= 15 is 0 Å². The molecule has 0 radical (unpaired) electrons. The number of nitriles is 1. The Bertz CT molecular complexity index is 1320. The highest BCUT2D eigenvalue weighted by molar-refractivity contribution is 6.04. The molecule has 0 aliphatic carbocycles. The minimum atomic E-state index is -0.544. The molecule has 170 valence electrons. The number of aromatic nitrogens is 2. The Balaban J connectivity index is 1.32. The van der Waals surface area contributed by atoms with Crippen molar-refractivity contribution in [1.29, 1.82) is 5.26 Å². The summed E-state index contributed by atoms with van der Waals surface area (Å²) in [6, 6.07) is 11.8. The summed E-state index contributed by atoms with van der Waals surface area (Å²) < 4.78 is 20.2. The molecule has 3 aliphatic rings. The lowest BCUT2D eigenvalue weighted by Gasteiger charge is -2.19. The Morgan fingerprint density at radius 2 is 2.00 bits per heavy atom. The number of nitrogens with zero attached hydrogens (tertiary/aromatic N) is 4. The molecule has 5 heterocycles. The van der Waals surface area contributed by atoms with Crippen molar-refractivity contribution in [2.24, 2.45) is 11.8 Å². The second kappa shape index (κ2) is 8.08. The first kappa shape index (κ1) is 20.6. The molecular weight excluding hydrogens is 435 g/mol. The fourth-order valence-electron chi connectivity index (χ4n) is 5.02. The van der Waals surface area contributed by atoms with Crippen molar-refractivity contribution < 1.29 is 13.9 Å². The van der Waals surface area contributed by atoms with E-state index in [1.807, 2.05) is 24.4 Å². The zero-order chi connectivity index (χ0) is 23.2. The van der Waals surface area contributed by atoms with Crippen LogP contribution in [-0.2, 0) is 11.3 Å². The van der Waals surface area contributed by atoms with Crippen molar-refractivity contribution in [2.75, 3.05) is 36.5 Å². The maximum atomic E-state index is 14.7. The van der Waals surface area contributed by atoms with Crippen LogP contribution < -0.4 is 15.5 Å². The molecule has 6 rings (SSSR count). The van der Waals surface area contributed by atoms with E-state index < -0.39 is 5.82 Å². The normalized spacial score (nSPS) is 20.6. The maximum Gasteiger partial charge on any atom is 0.255 e. The van der Waals surface area contributed by atoms with Gasteiger partial charge in [-0.05, 0) is 30.3 Å². The molecule has 0 saturated carbocycles. The first-order chi connectivity index (χ1) is 16.6. The molecule has 3 aliphatic heterocycles. The van der Waals surface area contributed by atoms with Crippen LogP contribution in [0.4, 0.5) is 21.6 Å². The predicted octanol–water partition coefficient (Wildman–Crippen LogP) is 3.22. The highest BCUT2D eigenvalue weighted by atomic mass is 19.1. The number of anilines is 3. The van der Waals surface area contributed by atoms with Gasteiger partial charge < -0.3 is 20.3 Å². The lowest BCUT2D eigenvalue weighted by Crippen LogP contribution is -2.22. The van der Waals surface area contributed by atoms with Crippen LogP contribution in [0, 0.1) is 29.0 Å². The monoisotopic (exact) mass is 456 g/mol. The number of carbonyl (C=O) groups excluding carboxylic acids is 1. The van der Waals surface area contributed by atoms with Crippen LogP contribution in [0.5, 0.6) is 0 Å². The summed E-state index contributed by atoms with van der Waals surface area (Å²) in [6.45, 7) is 3.80. The standard InChI is InChI=1S/C25H21FN6O2/c26-18-3-1-2-14(7-27)23(18)19-6-20(24-21(30-19)9-29-25(24)33)31-22-5-4-17(8-28-22)32-10-15-12-34-13-16(15)11-32/h1-6,8,15-16H,9-13H2,(H,29,33)(H,28,30,31)/t15-,16+. The molecule has 2 fully saturated rings. The van der Waals surface area contributed by atoms with E-state index in [0.717, 1.165) is 32.0 Å². The van der Waals surface area contributed by atoms with Crippen LogP contribution in [0.1, 0.15) is 21.6 Å². The van der Waals surface area contributed by atoms with Gasteiger partial charge in [0.2, 0.25) is 0 Å². The van der Waals surface area contributed by atoms with Crippen LogP contribution in [0.15, 0.2) is 42.6 Å². The average molecular weight is 456 g/mol. The Labute approximate surface area is 195 Å². The molecule has 2 atom stereocenters. The number of hydrogen-bond donors (Lipinski definition) is 2. The van der Waals surface area contributed by atoms with E-state index in [2.05, 4.69) is 25.5 Å². The first-order valence-corrected chi connectivity index (χ1v) is 11.2. The molecule has 0 unspecified atom stereocenters. The van der Waals surface area contributed by atoms with E-state index in [-0.39, 0.29) is 29.3 Å². The Kier molecular flexibility index (Phi) is 4.89.